The number of carbonyl (C=O) groups excluding carboxylic acids is 1. The number of hydrogen-bond donors (Lipinski definition) is 2. The van der Waals surface area contributed by atoms with Crippen LogP contribution in [-0.2, 0) is 5.41 Å². The Morgan fingerprint density at radius 3 is 2.62 bits per heavy atom. The summed E-state index contributed by atoms with van der Waals surface area (Å²) in [6.45, 7) is 7.31. The first kappa shape index (κ1) is 25.7. The highest BCUT2D eigenvalue weighted by Crippen LogP contribution is 2.53. The lowest BCUT2D eigenvalue weighted by molar-refractivity contribution is -0.926. The molecule has 1 unspecified atom stereocenters. The van der Waals surface area contributed by atoms with Crippen LogP contribution in [0.5, 0.6) is 5.75 Å². The number of piperidine rings is 1. The lowest BCUT2D eigenvalue weighted by Gasteiger charge is -2.60. The monoisotopic (exact) mass is 501 g/mol. The molecule has 1 aliphatic heterocycles. The maximum Gasteiger partial charge on any atom is 0.251 e. The molecule has 0 spiro atoms. The van der Waals surface area contributed by atoms with Gasteiger partial charge in [-0.05, 0) is 59.9 Å². The number of likely N-dealkylation sites (N-methyl/N-ethyl adjacent to an activating group) is 1. The fraction of sp³-hybridized carbons (Fsp3) is 0.469. The predicted octanol–water partition coefficient (Wildman–Crippen LogP) is 5.31. The van der Waals surface area contributed by atoms with Gasteiger partial charge < -0.3 is 19.6 Å². The van der Waals surface area contributed by atoms with Crippen LogP contribution in [0.25, 0.3) is 10.8 Å². The first-order valence-electron chi connectivity index (χ1n) is 13.7. The van der Waals surface area contributed by atoms with Crippen LogP contribution in [0.2, 0.25) is 0 Å². The number of nitrogens with zero attached hydrogens (tertiary/aromatic N) is 1. The quantitative estimate of drug-likeness (QED) is 0.450. The summed E-state index contributed by atoms with van der Waals surface area (Å²) in [5, 5.41) is 18.0. The van der Waals surface area contributed by atoms with E-state index >= 15 is 0 Å². The minimum atomic E-state index is -0.842. The molecule has 2 fully saturated rings. The minimum absolute atomic E-state index is 0.00704. The van der Waals surface area contributed by atoms with Crippen molar-refractivity contribution >= 4 is 16.7 Å². The predicted molar refractivity (Wildman–Crippen MR) is 149 cm³/mol. The molecule has 196 valence electrons. The summed E-state index contributed by atoms with van der Waals surface area (Å²) in [4.78, 5) is 13.4. The third-order valence-corrected chi connectivity index (χ3v) is 8.89. The van der Waals surface area contributed by atoms with Gasteiger partial charge in [0.25, 0.3) is 5.91 Å². The Morgan fingerprint density at radius 1 is 1.08 bits per heavy atom. The van der Waals surface area contributed by atoms with E-state index in [0.29, 0.717) is 17.9 Å². The third-order valence-electron chi connectivity index (χ3n) is 8.89. The number of amides is 1. The highest BCUT2D eigenvalue weighted by atomic mass is 16.5. The summed E-state index contributed by atoms with van der Waals surface area (Å²) < 4.78 is 6.46. The van der Waals surface area contributed by atoms with E-state index in [1.54, 1.807) is 7.11 Å². The molecule has 37 heavy (non-hydrogen) atoms. The molecule has 0 radical (unpaired) electrons. The number of carbonyl (C=O) groups is 1. The molecular formula is C32H41N2O3+. The first-order valence-corrected chi connectivity index (χ1v) is 13.7. The average molecular weight is 502 g/mol. The summed E-state index contributed by atoms with van der Waals surface area (Å²) in [5.41, 5.74) is 0.524. The van der Waals surface area contributed by atoms with Crippen LogP contribution in [0.1, 0.15) is 55.5 Å². The molecule has 3 aromatic carbocycles. The van der Waals surface area contributed by atoms with Gasteiger partial charge >= 0.3 is 0 Å². The second kappa shape index (κ2) is 9.77. The number of aliphatic hydroxyl groups is 1. The SMILES string of the molecule is COc1cccc([C@]23CC[N@@+](C)(CC(C)C)CC2(O)CC[C@H](NC(=O)c2ccc4ccccc4c2)C3)c1. The van der Waals surface area contributed by atoms with Crippen LogP contribution in [0, 0.1) is 5.92 Å². The smallest absolute Gasteiger partial charge is 0.251 e. The summed E-state index contributed by atoms with van der Waals surface area (Å²) in [6, 6.07) is 22.2. The van der Waals surface area contributed by atoms with Crippen molar-refractivity contribution in [3.63, 3.8) is 0 Å². The minimum Gasteiger partial charge on any atom is -0.497 e. The number of ether oxygens (including phenoxy) is 1. The van der Waals surface area contributed by atoms with Gasteiger partial charge in [-0.25, -0.2) is 0 Å². The summed E-state index contributed by atoms with van der Waals surface area (Å²) in [6.07, 6.45) is 3.03. The number of nitrogens with one attached hydrogen (secondary N) is 1. The zero-order chi connectivity index (χ0) is 26.3. The average Bonchev–Trinajstić information content (AvgIpc) is 2.88. The van der Waals surface area contributed by atoms with Gasteiger partial charge in [-0.1, -0.05) is 56.3 Å². The second-order valence-corrected chi connectivity index (χ2v) is 12.1. The van der Waals surface area contributed by atoms with Crippen molar-refractivity contribution in [2.75, 3.05) is 33.8 Å². The molecule has 5 nitrogen and oxygen atoms in total. The van der Waals surface area contributed by atoms with Crippen LogP contribution in [0.4, 0.5) is 0 Å². The van der Waals surface area contributed by atoms with E-state index in [0.717, 1.165) is 65.5 Å². The number of likely N-dealkylation sites (tertiary alicyclic amines) is 1. The molecule has 4 atom stereocenters. The van der Waals surface area contributed by atoms with Crippen LogP contribution in [0.3, 0.4) is 0 Å². The summed E-state index contributed by atoms with van der Waals surface area (Å²) in [5.74, 6) is 1.33. The molecule has 1 amide bonds. The van der Waals surface area contributed by atoms with Gasteiger partial charge in [0, 0.05) is 29.4 Å². The third kappa shape index (κ3) is 4.87. The first-order chi connectivity index (χ1) is 17.7. The molecule has 1 saturated carbocycles. The Balaban J connectivity index is 1.45. The summed E-state index contributed by atoms with van der Waals surface area (Å²) in [7, 11) is 3.98. The molecule has 0 aromatic heterocycles. The fourth-order valence-corrected chi connectivity index (χ4v) is 7.31. The fourth-order valence-electron chi connectivity index (χ4n) is 7.31. The van der Waals surface area contributed by atoms with E-state index in [9.17, 15) is 9.90 Å². The molecule has 1 heterocycles. The number of fused-ring (bicyclic) bond motifs is 2. The normalized spacial score (nSPS) is 29.6. The van der Waals surface area contributed by atoms with Crippen molar-refractivity contribution in [1.29, 1.82) is 0 Å². The van der Waals surface area contributed by atoms with Gasteiger partial charge in [0.2, 0.25) is 0 Å². The Labute approximate surface area is 221 Å². The molecule has 3 aromatic rings. The lowest BCUT2D eigenvalue weighted by Crippen LogP contribution is -2.71. The van der Waals surface area contributed by atoms with Crippen LogP contribution >= 0.6 is 0 Å². The number of quaternary nitrogens is 1. The molecule has 5 rings (SSSR count). The highest BCUT2D eigenvalue weighted by Gasteiger charge is 2.61. The molecule has 1 saturated heterocycles. The largest absolute Gasteiger partial charge is 0.497 e. The van der Waals surface area contributed by atoms with Gasteiger partial charge in [0.1, 0.15) is 17.9 Å². The van der Waals surface area contributed by atoms with Crippen LogP contribution in [-0.4, -0.2) is 60.9 Å². The zero-order valence-corrected chi connectivity index (χ0v) is 22.7. The Bertz CT molecular complexity index is 1290. The Morgan fingerprint density at radius 2 is 1.86 bits per heavy atom. The number of hydrogen-bond acceptors (Lipinski definition) is 3. The van der Waals surface area contributed by atoms with Crippen molar-refractivity contribution in [3.8, 4) is 5.75 Å². The Hall–Kier alpha value is -2.89. The van der Waals surface area contributed by atoms with Crippen molar-refractivity contribution in [2.45, 2.75) is 56.6 Å². The van der Waals surface area contributed by atoms with E-state index in [2.05, 4.69) is 44.4 Å². The lowest BCUT2D eigenvalue weighted by atomic mass is 9.54. The Kier molecular flexibility index (Phi) is 6.80. The number of methoxy groups -OCH3 is 1. The molecule has 0 bridgehead atoms. The maximum absolute atomic E-state index is 13.4. The van der Waals surface area contributed by atoms with E-state index < -0.39 is 11.0 Å². The molecular weight excluding hydrogens is 460 g/mol. The van der Waals surface area contributed by atoms with Crippen LogP contribution < -0.4 is 10.1 Å². The van der Waals surface area contributed by atoms with Gasteiger partial charge in [-0.2, -0.15) is 0 Å². The van der Waals surface area contributed by atoms with Crippen molar-refractivity contribution < 1.29 is 19.1 Å². The van der Waals surface area contributed by atoms with Gasteiger partial charge in [-0.3, -0.25) is 4.79 Å². The van der Waals surface area contributed by atoms with E-state index in [-0.39, 0.29) is 11.9 Å². The molecule has 2 N–H and O–H groups in total. The van der Waals surface area contributed by atoms with Gasteiger partial charge in [0.05, 0.1) is 27.2 Å². The van der Waals surface area contributed by atoms with E-state index in [4.69, 9.17) is 4.74 Å². The van der Waals surface area contributed by atoms with Crippen molar-refractivity contribution in [1.82, 2.24) is 5.32 Å². The molecule has 2 aliphatic rings. The topological polar surface area (TPSA) is 58.6 Å². The van der Waals surface area contributed by atoms with Crippen molar-refractivity contribution in [3.05, 3.63) is 77.9 Å². The van der Waals surface area contributed by atoms with Crippen molar-refractivity contribution in [2.24, 2.45) is 5.92 Å². The zero-order valence-electron chi connectivity index (χ0n) is 22.7. The van der Waals surface area contributed by atoms with E-state index in [1.165, 1.54) is 0 Å². The second-order valence-electron chi connectivity index (χ2n) is 12.1. The van der Waals surface area contributed by atoms with E-state index in [1.807, 2.05) is 48.5 Å². The summed E-state index contributed by atoms with van der Waals surface area (Å²) >= 11 is 0. The standard InChI is InChI=1S/C32H40N2O3/c1-23(2)21-34(3)17-16-31(27-10-7-11-29(19-27)37-4)20-28(14-15-32(31,36)22-34)33-30(35)26-13-12-24-8-5-6-9-25(24)18-26/h5-13,18-19,23,28,36H,14-17,20-22H2,1-4H3/p+1/t28-,31+,32?,34-/m0/s1. The van der Waals surface area contributed by atoms with Gasteiger partial charge in [-0.15, -0.1) is 0 Å². The molecule has 1 aliphatic carbocycles. The highest BCUT2D eigenvalue weighted by molar-refractivity contribution is 5.98. The number of benzene rings is 3. The van der Waals surface area contributed by atoms with Gasteiger partial charge in [0.15, 0.2) is 0 Å². The number of rotatable bonds is 6. The molecule has 5 heteroatoms. The maximum atomic E-state index is 13.4. The van der Waals surface area contributed by atoms with Crippen LogP contribution in [0.15, 0.2) is 66.7 Å².